The number of alkyl halides is 2. The van der Waals surface area contributed by atoms with Gasteiger partial charge in [-0.15, -0.1) is 10.2 Å². The maximum atomic E-state index is 12.2. The van der Waals surface area contributed by atoms with Crippen molar-refractivity contribution in [3.63, 3.8) is 0 Å². The lowest BCUT2D eigenvalue weighted by Gasteiger charge is -2.06. The van der Waals surface area contributed by atoms with E-state index in [1.165, 1.54) is 0 Å². The molecule has 1 aromatic carbocycles. The number of furan rings is 1. The van der Waals surface area contributed by atoms with Crippen LogP contribution in [0.15, 0.2) is 53.2 Å². The van der Waals surface area contributed by atoms with E-state index in [0.29, 0.717) is 36.4 Å². The molecule has 126 valence electrons. The summed E-state index contributed by atoms with van der Waals surface area (Å²) in [5, 5.41) is 11.3. The van der Waals surface area contributed by atoms with Crippen molar-refractivity contribution < 1.29 is 13.2 Å². The van der Waals surface area contributed by atoms with Crippen LogP contribution < -0.4 is 5.32 Å². The molecule has 0 unspecified atom stereocenters. The molecule has 0 aliphatic rings. The van der Waals surface area contributed by atoms with Gasteiger partial charge < -0.3 is 9.73 Å². The number of hydrogen-bond donors (Lipinski definition) is 1. The Morgan fingerprint density at radius 1 is 1.08 bits per heavy atom. The van der Waals surface area contributed by atoms with Crippen molar-refractivity contribution in [2.45, 2.75) is 24.6 Å². The molecule has 3 rings (SSSR count). The third-order valence-electron chi connectivity index (χ3n) is 3.30. The Hall–Kier alpha value is -2.19. The molecule has 5 nitrogen and oxygen atoms in total. The predicted molar refractivity (Wildman–Crippen MR) is 87.9 cm³/mol. The zero-order valence-electron chi connectivity index (χ0n) is 12.7. The lowest BCUT2D eigenvalue weighted by molar-refractivity contribution is 0.251. The highest BCUT2D eigenvalue weighted by Gasteiger charge is 2.09. The van der Waals surface area contributed by atoms with E-state index in [4.69, 9.17) is 4.42 Å². The second kappa shape index (κ2) is 8.07. The largest absolute Gasteiger partial charge is 0.464 e. The van der Waals surface area contributed by atoms with Crippen LogP contribution in [0.25, 0.3) is 5.69 Å². The van der Waals surface area contributed by atoms with Crippen LogP contribution in [-0.2, 0) is 18.8 Å². The summed E-state index contributed by atoms with van der Waals surface area (Å²) in [6, 6.07) is 13.3. The van der Waals surface area contributed by atoms with Gasteiger partial charge >= 0.3 is 0 Å². The van der Waals surface area contributed by atoms with Crippen LogP contribution in [0.5, 0.6) is 0 Å². The average molecular weight is 350 g/mol. The smallest absolute Gasteiger partial charge is 0.284 e. The van der Waals surface area contributed by atoms with Crippen molar-refractivity contribution in [1.82, 2.24) is 20.1 Å². The first-order valence-electron chi connectivity index (χ1n) is 7.35. The summed E-state index contributed by atoms with van der Waals surface area (Å²) in [6.07, 6.45) is 1.67. The maximum Gasteiger partial charge on any atom is 0.284 e. The van der Waals surface area contributed by atoms with Gasteiger partial charge in [0.15, 0.2) is 5.82 Å². The Kier molecular flexibility index (Phi) is 5.60. The molecule has 0 saturated carbocycles. The molecule has 0 atom stereocenters. The minimum Gasteiger partial charge on any atom is -0.464 e. The molecular weight excluding hydrogens is 334 g/mol. The summed E-state index contributed by atoms with van der Waals surface area (Å²) < 4.78 is 31.7. The second-order valence-electron chi connectivity index (χ2n) is 5.00. The van der Waals surface area contributed by atoms with Crippen LogP contribution in [-0.4, -0.2) is 20.5 Å². The van der Waals surface area contributed by atoms with Gasteiger partial charge in [-0.05, 0) is 24.3 Å². The molecule has 3 aromatic rings. The highest BCUT2D eigenvalue weighted by molar-refractivity contribution is 7.98. The molecule has 0 aliphatic carbocycles. The fourth-order valence-corrected chi connectivity index (χ4v) is 2.67. The van der Waals surface area contributed by atoms with Gasteiger partial charge in [0.05, 0.1) is 18.8 Å². The number of aromatic nitrogens is 3. The number of para-hydroxylation sites is 1. The fourth-order valence-electron chi connectivity index (χ4n) is 2.22. The third kappa shape index (κ3) is 4.42. The molecule has 0 radical (unpaired) electrons. The molecular formula is C16H16F2N4OS. The highest BCUT2D eigenvalue weighted by Crippen LogP contribution is 2.21. The fraction of sp³-hybridized carbons (Fsp3) is 0.250. The van der Waals surface area contributed by atoms with Gasteiger partial charge in [0.1, 0.15) is 17.8 Å². The van der Waals surface area contributed by atoms with Crippen LogP contribution in [0.2, 0.25) is 0 Å². The highest BCUT2D eigenvalue weighted by atomic mass is 32.2. The van der Waals surface area contributed by atoms with Crippen LogP contribution in [0, 0.1) is 0 Å². The maximum absolute atomic E-state index is 12.2. The Labute approximate surface area is 142 Å². The van der Waals surface area contributed by atoms with Gasteiger partial charge in [-0.2, -0.15) is 8.78 Å². The van der Waals surface area contributed by atoms with Crippen molar-refractivity contribution in [2.75, 3.05) is 0 Å². The van der Waals surface area contributed by atoms with Crippen molar-refractivity contribution in [3.05, 3.63) is 66.1 Å². The van der Waals surface area contributed by atoms with E-state index in [0.717, 1.165) is 11.5 Å². The van der Waals surface area contributed by atoms with Crippen LogP contribution in [0.3, 0.4) is 0 Å². The van der Waals surface area contributed by atoms with E-state index >= 15 is 0 Å². The van der Waals surface area contributed by atoms with E-state index in [1.807, 2.05) is 34.9 Å². The van der Waals surface area contributed by atoms with Crippen LogP contribution in [0.4, 0.5) is 8.78 Å². The van der Waals surface area contributed by atoms with E-state index in [-0.39, 0.29) is 5.75 Å². The normalized spacial score (nSPS) is 11.3. The molecule has 2 aromatic heterocycles. The Bertz CT molecular complexity index is 760. The van der Waals surface area contributed by atoms with Gasteiger partial charge in [0.25, 0.3) is 5.76 Å². The predicted octanol–water partition coefficient (Wildman–Crippen LogP) is 3.61. The molecule has 0 fully saturated rings. The lowest BCUT2D eigenvalue weighted by Crippen LogP contribution is -2.15. The quantitative estimate of drug-likeness (QED) is 0.673. The monoisotopic (exact) mass is 350 g/mol. The summed E-state index contributed by atoms with van der Waals surface area (Å²) >= 11 is 0.550. The standard InChI is InChI=1S/C16H16F2N4OS/c17-16(18)24-10-14-7-6-13(23-14)8-19-9-15-21-20-11-22(15)12-4-2-1-3-5-12/h1-7,11,16,19H,8-10H2. The average Bonchev–Trinajstić information content (AvgIpc) is 3.23. The third-order valence-corrected chi connectivity index (χ3v) is 4.01. The van der Waals surface area contributed by atoms with Gasteiger partial charge in [0, 0.05) is 5.69 Å². The number of nitrogens with one attached hydrogen (secondary N) is 1. The van der Waals surface area contributed by atoms with Crippen molar-refractivity contribution in [3.8, 4) is 5.69 Å². The minimum atomic E-state index is -2.39. The molecule has 0 amide bonds. The molecule has 0 spiro atoms. The number of hydrogen-bond acceptors (Lipinski definition) is 5. The van der Waals surface area contributed by atoms with Crippen LogP contribution >= 0.6 is 11.8 Å². The molecule has 0 bridgehead atoms. The number of thioether (sulfide) groups is 1. The number of halogens is 2. The summed E-state index contributed by atoms with van der Waals surface area (Å²) in [7, 11) is 0. The van der Waals surface area contributed by atoms with Gasteiger partial charge in [-0.1, -0.05) is 30.0 Å². The van der Waals surface area contributed by atoms with E-state index in [1.54, 1.807) is 18.5 Å². The minimum absolute atomic E-state index is 0.167. The summed E-state index contributed by atoms with van der Waals surface area (Å²) in [4.78, 5) is 0. The molecule has 24 heavy (non-hydrogen) atoms. The first-order valence-corrected chi connectivity index (χ1v) is 8.39. The second-order valence-corrected chi connectivity index (χ2v) is 5.97. The Balaban J connectivity index is 1.53. The van der Waals surface area contributed by atoms with Crippen LogP contribution in [0.1, 0.15) is 17.3 Å². The Morgan fingerprint density at radius 3 is 2.67 bits per heavy atom. The SMILES string of the molecule is FC(F)SCc1ccc(CNCc2nncn2-c2ccccc2)o1. The first kappa shape index (κ1) is 16.7. The molecule has 0 saturated heterocycles. The van der Waals surface area contributed by atoms with Crippen molar-refractivity contribution >= 4 is 11.8 Å². The number of rotatable bonds is 8. The summed E-state index contributed by atoms with van der Waals surface area (Å²) in [5.74, 6) is -0.197. The van der Waals surface area contributed by atoms with E-state index in [2.05, 4.69) is 15.5 Å². The molecule has 2 heterocycles. The first-order chi connectivity index (χ1) is 11.7. The van der Waals surface area contributed by atoms with Crippen molar-refractivity contribution in [1.29, 1.82) is 0 Å². The summed E-state index contributed by atoms with van der Waals surface area (Å²) in [6.45, 7) is 0.998. The number of benzene rings is 1. The summed E-state index contributed by atoms with van der Waals surface area (Å²) in [5.41, 5.74) is 0.989. The van der Waals surface area contributed by atoms with Gasteiger partial charge in [-0.3, -0.25) is 4.57 Å². The van der Waals surface area contributed by atoms with E-state index in [9.17, 15) is 8.78 Å². The van der Waals surface area contributed by atoms with Gasteiger partial charge in [-0.25, -0.2) is 0 Å². The molecule has 0 aliphatic heterocycles. The topological polar surface area (TPSA) is 55.9 Å². The number of nitrogens with zero attached hydrogens (tertiary/aromatic N) is 3. The van der Waals surface area contributed by atoms with E-state index < -0.39 is 5.76 Å². The molecule has 8 heteroatoms. The lowest BCUT2D eigenvalue weighted by atomic mass is 10.3. The zero-order valence-corrected chi connectivity index (χ0v) is 13.5. The van der Waals surface area contributed by atoms with Gasteiger partial charge in [0.2, 0.25) is 0 Å². The van der Waals surface area contributed by atoms with Crippen molar-refractivity contribution in [2.24, 2.45) is 0 Å². The molecule has 1 N–H and O–H groups in total. The zero-order chi connectivity index (χ0) is 16.8. The Morgan fingerprint density at radius 2 is 1.88 bits per heavy atom.